The van der Waals surface area contributed by atoms with E-state index in [9.17, 15) is 19.5 Å². The maximum atomic E-state index is 13.4. The molecule has 0 aliphatic carbocycles. The zero-order valence-corrected chi connectivity index (χ0v) is 21.2. The van der Waals surface area contributed by atoms with Crippen LogP contribution in [0.2, 0.25) is 0 Å². The quantitative estimate of drug-likeness (QED) is 0.436. The Morgan fingerprint density at radius 1 is 1.09 bits per heavy atom. The molecule has 0 fully saturated rings. The van der Waals surface area contributed by atoms with Gasteiger partial charge in [0.1, 0.15) is 17.7 Å². The number of aliphatic hydroxyl groups is 1. The fraction of sp³-hybridized carbons (Fsp3) is 0.640. The average Bonchev–Trinajstić information content (AvgIpc) is 2.72. The van der Waals surface area contributed by atoms with Gasteiger partial charge < -0.3 is 25.4 Å². The molecule has 0 heterocycles. The van der Waals surface area contributed by atoms with Crippen molar-refractivity contribution in [2.75, 3.05) is 19.7 Å². The van der Waals surface area contributed by atoms with Crippen molar-refractivity contribution in [2.24, 2.45) is 0 Å². The number of benzene rings is 1. The predicted molar refractivity (Wildman–Crippen MR) is 129 cm³/mol. The molecule has 0 bridgehead atoms. The maximum Gasteiger partial charge on any atom is 0.408 e. The van der Waals surface area contributed by atoms with E-state index in [-0.39, 0.29) is 12.5 Å². The second-order valence-electron chi connectivity index (χ2n) is 9.21. The normalized spacial score (nSPS) is 13.1. The Hall–Kier alpha value is -2.61. The number of nitrogens with one attached hydrogen (secondary N) is 2. The number of ether oxygens (including phenoxy) is 1. The van der Waals surface area contributed by atoms with Crippen LogP contribution in [-0.2, 0) is 14.3 Å². The van der Waals surface area contributed by atoms with Crippen LogP contribution in [0.4, 0.5) is 4.79 Å². The third-order valence-electron chi connectivity index (χ3n) is 5.25. The van der Waals surface area contributed by atoms with Gasteiger partial charge in [-0.1, -0.05) is 38.0 Å². The van der Waals surface area contributed by atoms with E-state index in [0.29, 0.717) is 6.54 Å². The first kappa shape index (κ1) is 28.4. The van der Waals surface area contributed by atoms with Crippen molar-refractivity contribution in [1.82, 2.24) is 15.5 Å². The Morgan fingerprint density at radius 3 is 2.18 bits per heavy atom. The van der Waals surface area contributed by atoms with Crippen LogP contribution in [0.5, 0.6) is 0 Å². The molecule has 0 saturated heterocycles. The zero-order valence-electron chi connectivity index (χ0n) is 21.2. The largest absolute Gasteiger partial charge is 0.444 e. The highest BCUT2D eigenvalue weighted by Crippen LogP contribution is 2.28. The van der Waals surface area contributed by atoms with Gasteiger partial charge in [-0.2, -0.15) is 0 Å². The summed E-state index contributed by atoms with van der Waals surface area (Å²) in [6.45, 7) is 12.9. The van der Waals surface area contributed by atoms with Crippen LogP contribution in [0.15, 0.2) is 18.2 Å². The summed E-state index contributed by atoms with van der Waals surface area (Å²) in [6.07, 6.45) is 2.07. The molecule has 2 atom stereocenters. The first-order valence-corrected chi connectivity index (χ1v) is 11.7. The summed E-state index contributed by atoms with van der Waals surface area (Å²) in [5.41, 5.74) is 1.76. The van der Waals surface area contributed by atoms with Gasteiger partial charge in [-0.25, -0.2) is 4.79 Å². The summed E-state index contributed by atoms with van der Waals surface area (Å²) >= 11 is 0. The Labute approximate surface area is 198 Å². The van der Waals surface area contributed by atoms with E-state index in [1.54, 1.807) is 27.7 Å². The molecule has 3 N–H and O–H groups in total. The number of unbranched alkanes of at least 4 members (excludes halogenated alkanes) is 2. The van der Waals surface area contributed by atoms with Gasteiger partial charge in [0, 0.05) is 13.1 Å². The van der Waals surface area contributed by atoms with Crippen LogP contribution >= 0.6 is 0 Å². The summed E-state index contributed by atoms with van der Waals surface area (Å²) < 4.78 is 5.23. The molecule has 0 spiro atoms. The van der Waals surface area contributed by atoms with Crippen LogP contribution < -0.4 is 10.6 Å². The van der Waals surface area contributed by atoms with Gasteiger partial charge in [0.15, 0.2) is 0 Å². The first-order chi connectivity index (χ1) is 15.5. The number of likely N-dealkylation sites (N-methyl/N-ethyl adjacent to an activating group) is 1. The molecule has 8 heteroatoms. The van der Waals surface area contributed by atoms with Gasteiger partial charge in [0.25, 0.3) is 0 Å². The van der Waals surface area contributed by atoms with Crippen LogP contribution in [-0.4, -0.2) is 59.3 Å². The molecule has 1 aromatic rings. The van der Waals surface area contributed by atoms with E-state index in [1.165, 1.54) is 4.90 Å². The number of alkyl carbamates (subject to hydrolysis) is 1. The minimum atomic E-state index is -1.24. The van der Waals surface area contributed by atoms with Gasteiger partial charge >= 0.3 is 6.09 Å². The highest BCUT2D eigenvalue weighted by Gasteiger charge is 2.36. The lowest BCUT2D eigenvalue weighted by Gasteiger charge is -2.34. The summed E-state index contributed by atoms with van der Waals surface area (Å²) in [5.74, 6) is -0.838. The van der Waals surface area contributed by atoms with Crippen LogP contribution in [0.25, 0.3) is 0 Å². The van der Waals surface area contributed by atoms with E-state index >= 15 is 0 Å². The van der Waals surface area contributed by atoms with E-state index < -0.39 is 36.3 Å². The van der Waals surface area contributed by atoms with E-state index in [0.717, 1.165) is 36.0 Å². The third-order valence-corrected chi connectivity index (χ3v) is 5.25. The zero-order chi connectivity index (χ0) is 25.2. The van der Waals surface area contributed by atoms with Crippen molar-refractivity contribution in [3.05, 3.63) is 34.9 Å². The number of hydrogen-bond acceptors (Lipinski definition) is 5. The third kappa shape index (κ3) is 8.68. The molecule has 8 nitrogen and oxygen atoms in total. The molecule has 1 aromatic carbocycles. The molecule has 33 heavy (non-hydrogen) atoms. The summed E-state index contributed by atoms with van der Waals surface area (Å²) in [4.78, 5) is 40.4. The molecule has 0 aromatic heterocycles. The minimum absolute atomic E-state index is 0.214. The van der Waals surface area contributed by atoms with E-state index in [1.807, 2.05) is 32.0 Å². The smallest absolute Gasteiger partial charge is 0.408 e. The van der Waals surface area contributed by atoms with Crippen molar-refractivity contribution in [3.63, 3.8) is 0 Å². The lowest BCUT2D eigenvalue weighted by molar-refractivity contribution is -0.143. The van der Waals surface area contributed by atoms with Gasteiger partial charge in [-0.15, -0.1) is 0 Å². The number of nitrogens with zero attached hydrogens (tertiary/aromatic N) is 1. The fourth-order valence-electron chi connectivity index (χ4n) is 3.67. The fourth-order valence-corrected chi connectivity index (χ4v) is 3.67. The monoisotopic (exact) mass is 463 g/mol. The van der Waals surface area contributed by atoms with Crippen molar-refractivity contribution < 1.29 is 24.2 Å². The number of carbonyl (C=O) groups is 3. The second-order valence-corrected chi connectivity index (χ2v) is 9.21. The number of hydrogen-bond donors (Lipinski definition) is 3. The Kier molecular flexibility index (Phi) is 11.4. The minimum Gasteiger partial charge on any atom is -0.444 e. The highest BCUT2D eigenvalue weighted by molar-refractivity contribution is 5.92. The lowest BCUT2D eigenvalue weighted by Crippen LogP contribution is -2.54. The number of rotatable bonds is 11. The van der Waals surface area contributed by atoms with Crippen LogP contribution in [0.3, 0.4) is 0 Å². The number of aryl methyl sites for hydroxylation is 2. The van der Waals surface area contributed by atoms with Crippen molar-refractivity contribution in [2.45, 2.75) is 85.4 Å². The Bertz CT molecular complexity index is 783. The number of aliphatic hydroxyl groups excluding tert-OH is 1. The Balaban J connectivity index is 3.27. The number of amides is 3. The summed E-state index contributed by atoms with van der Waals surface area (Å²) in [7, 11) is 0. The standard InChI is InChI=1S/C25H41N3O5/c1-8-10-11-15-26-22(30)21(20-17(3)13-12-14-18(20)4)28(9-2)23(31)19(16-29)27-24(32)33-25(5,6)7/h12-14,19,21,29H,8-11,15-16H2,1-7H3,(H,26,30)(H,27,32). The molecule has 2 unspecified atom stereocenters. The highest BCUT2D eigenvalue weighted by atomic mass is 16.6. The SMILES string of the molecule is CCCCCNC(=O)C(c1c(C)cccc1C)N(CC)C(=O)C(CO)NC(=O)OC(C)(C)C. The number of carbonyl (C=O) groups excluding carboxylic acids is 3. The van der Waals surface area contributed by atoms with Crippen molar-refractivity contribution in [1.29, 1.82) is 0 Å². The van der Waals surface area contributed by atoms with Gasteiger partial charge in [0.05, 0.1) is 6.61 Å². The average molecular weight is 464 g/mol. The summed E-state index contributed by atoms with van der Waals surface area (Å²) in [5, 5.41) is 15.3. The lowest BCUT2D eigenvalue weighted by atomic mass is 9.93. The molecule has 186 valence electrons. The molecule has 0 aliphatic rings. The summed E-state index contributed by atoms with van der Waals surface area (Å²) in [6, 6.07) is 3.59. The van der Waals surface area contributed by atoms with Gasteiger partial charge in [-0.3, -0.25) is 9.59 Å². The first-order valence-electron chi connectivity index (χ1n) is 11.7. The molecule has 0 saturated carbocycles. The Morgan fingerprint density at radius 2 is 1.70 bits per heavy atom. The molecule has 0 radical (unpaired) electrons. The van der Waals surface area contributed by atoms with Gasteiger partial charge in [0.2, 0.25) is 11.8 Å². The molecule has 0 aliphatic heterocycles. The molecular formula is C25H41N3O5. The van der Waals surface area contributed by atoms with Crippen LogP contribution in [0, 0.1) is 13.8 Å². The van der Waals surface area contributed by atoms with Crippen molar-refractivity contribution in [3.8, 4) is 0 Å². The maximum absolute atomic E-state index is 13.4. The molecule has 3 amide bonds. The topological polar surface area (TPSA) is 108 Å². The van der Waals surface area contributed by atoms with Crippen LogP contribution in [0.1, 0.15) is 76.6 Å². The second kappa shape index (κ2) is 13.2. The van der Waals surface area contributed by atoms with E-state index in [4.69, 9.17) is 4.74 Å². The van der Waals surface area contributed by atoms with Crippen molar-refractivity contribution >= 4 is 17.9 Å². The molecule has 1 rings (SSSR count). The molecular weight excluding hydrogens is 422 g/mol. The van der Waals surface area contributed by atoms with Gasteiger partial charge in [-0.05, 0) is 64.7 Å². The predicted octanol–water partition coefficient (Wildman–Crippen LogP) is 3.39. The van der Waals surface area contributed by atoms with E-state index in [2.05, 4.69) is 17.6 Å².